The third-order valence-electron chi connectivity index (χ3n) is 5.91. The first kappa shape index (κ1) is 22.4. The van der Waals surface area contributed by atoms with Gasteiger partial charge in [0.05, 0.1) is 12.7 Å². The number of hydrogen-bond donors (Lipinski definition) is 1. The Morgan fingerprint density at radius 3 is 1.80 bits per heavy atom. The highest BCUT2D eigenvalue weighted by Crippen LogP contribution is 2.44. The molecule has 174 valence electrons. The summed E-state index contributed by atoms with van der Waals surface area (Å²) in [6.07, 6.45) is 0. The largest absolute Gasteiger partial charge is 0.507 e. The van der Waals surface area contributed by atoms with Gasteiger partial charge >= 0.3 is 0 Å². The van der Waals surface area contributed by atoms with E-state index in [0.717, 1.165) is 39.0 Å². The summed E-state index contributed by atoms with van der Waals surface area (Å²) in [7, 11) is 1.61. The van der Waals surface area contributed by atoms with Gasteiger partial charge < -0.3 is 19.3 Å². The van der Waals surface area contributed by atoms with Crippen molar-refractivity contribution in [1.82, 2.24) is 0 Å². The van der Waals surface area contributed by atoms with Crippen molar-refractivity contribution in [3.8, 4) is 34.1 Å². The van der Waals surface area contributed by atoms with Crippen LogP contribution in [0.1, 0.15) is 11.1 Å². The minimum Gasteiger partial charge on any atom is -0.507 e. The molecule has 4 heteroatoms. The van der Waals surface area contributed by atoms with Gasteiger partial charge in [0.15, 0.2) is 0 Å². The Hall–Kier alpha value is -4.44. The number of methoxy groups -OCH3 is 1. The standard InChI is InChI=1S/C31H26O4/c1-33-29-19-25-18-27(35-21-23-10-6-3-7-11-23)16-17-28(25)31(32)30(29)24-12-14-26(15-13-24)34-20-22-8-4-2-5-9-22/h2-19,32H,20-21H2,1H3. The average molecular weight is 463 g/mol. The lowest BCUT2D eigenvalue weighted by Crippen LogP contribution is -1.96. The summed E-state index contributed by atoms with van der Waals surface area (Å²) in [4.78, 5) is 0. The minimum atomic E-state index is 0.173. The van der Waals surface area contributed by atoms with Crippen LogP contribution >= 0.6 is 0 Å². The number of phenols is 1. The highest BCUT2D eigenvalue weighted by atomic mass is 16.5. The third-order valence-corrected chi connectivity index (χ3v) is 5.91. The second-order valence-electron chi connectivity index (χ2n) is 8.26. The summed E-state index contributed by atoms with van der Waals surface area (Å²) in [6.45, 7) is 0.978. The van der Waals surface area contributed by atoms with Crippen molar-refractivity contribution in [2.45, 2.75) is 13.2 Å². The smallest absolute Gasteiger partial charge is 0.134 e. The van der Waals surface area contributed by atoms with Gasteiger partial charge in [-0.2, -0.15) is 0 Å². The van der Waals surface area contributed by atoms with Crippen molar-refractivity contribution >= 4 is 10.8 Å². The highest BCUT2D eigenvalue weighted by Gasteiger charge is 2.16. The van der Waals surface area contributed by atoms with E-state index in [9.17, 15) is 5.11 Å². The minimum absolute atomic E-state index is 0.173. The summed E-state index contributed by atoms with van der Waals surface area (Å²) < 4.78 is 17.5. The fourth-order valence-corrected chi connectivity index (χ4v) is 4.07. The van der Waals surface area contributed by atoms with E-state index < -0.39 is 0 Å². The molecule has 0 aliphatic rings. The highest BCUT2D eigenvalue weighted by molar-refractivity contribution is 5.98. The van der Waals surface area contributed by atoms with Crippen LogP contribution in [0.3, 0.4) is 0 Å². The summed E-state index contributed by atoms with van der Waals surface area (Å²) in [5.74, 6) is 2.26. The Bertz CT molecular complexity index is 1410. The van der Waals surface area contributed by atoms with E-state index >= 15 is 0 Å². The third kappa shape index (κ3) is 5.07. The Morgan fingerprint density at radius 2 is 1.20 bits per heavy atom. The fourth-order valence-electron chi connectivity index (χ4n) is 4.07. The maximum absolute atomic E-state index is 11.2. The number of rotatable bonds is 8. The number of fused-ring (bicyclic) bond motifs is 1. The van der Waals surface area contributed by atoms with E-state index in [1.54, 1.807) is 7.11 Å². The predicted molar refractivity (Wildman–Crippen MR) is 139 cm³/mol. The maximum atomic E-state index is 11.2. The first-order chi connectivity index (χ1) is 17.2. The Morgan fingerprint density at radius 1 is 0.629 bits per heavy atom. The van der Waals surface area contributed by atoms with Gasteiger partial charge in [-0.05, 0) is 58.5 Å². The zero-order valence-electron chi connectivity index (χ0n) is 19.5. The molecule has 0 saturated heterocycles. The van der Waals surface area contributed by atoms with Crippen LogP contribution < -0.4 is 14.2 Å². The summed E-state index contributed by atoms with van der Waals surface area (Å²) >= 11 is 0. The van der Waals surface area contributed by atoms with Gasteiger partial charge in [-0.3, -0.25) is 0 Å². The molecule has 0 atom stereocenters. The van der Waals surface area contributed by atoms with Gasteiger partial charge in [-0.1, -0.05) is 72.8 Å². The topological polar surface area (TPSA) is 47.9 Å². The molecule has 0 aliphatic heterocycles. The van der Waals surface area contributed by atoms with Gasteiger partial charge in [-0.15, -0.1) is 0 Å². The first-order valence-corrected chi connectivity index (χ1v) is 11.5. The maximum Gasteiger partial charge on any atom is 0.134 e. The molecule has 1 N–H and O–H groups in total. The molecule has 35 heavy (non-hydrogen) atoms. The van der Waals surface area contributed by atoms with Crippen molar-refractivity contribution in [3.05, 3.63) is 120 Å². The first-order valence-electron chi connectivity index (χ1n) is 11.5. The molecule has 0 bridgehead atoms. The molecule has 0 saturated carbocycles. The molecule has 0 aliphatic carbocycles. The number of aromatic hydroxyl groups is 1. The lowest BCUT2D eigenvalue weighted by molar-refractivity contribution is 0.306. The van der Waals surface area contributed by atoms with Gasteiger partial charge in [0.25, 0.3) is 0 Å². The average Bonchev–Trinajstić information content (AvgIpc) is 2.92. The Balaban J connectivity index is 1.39. The molecule has 0 fully saturated rings. The predicted octanol–water partition coefficient (Wildman–Crippen LogP) is 7.38. The SMILES string of the molecule is COc1cc2cc(OCc3ccccc3)ccc2c(O)c1-c1ccc(OCc2ccccc2)cc1. The zero-order chi connectivity index (χ0) is 24.0. The van der Waals surface area contributed by atoms with Gasteiger partial charge in [0.1, 0.15) is 36.2 Å². The molecule has 0 radical (unpaired) electrons. The van der Waals surface area contributed by atoms with E-state index in [2.05, 4.69) is 0 Å². The number of benzene rings is 5. The van der Waals surface area contributed by atoms with Crippen LogP contribution in [0.15, 0.2) is 109 Å². The van der Waals surface area contributed by atoms with Crippen molar-refractivity contribution in [3.63, 3.8) is 0 Å². The summed E-state index contributed by atoms with van der Waals surface area (Å²) in [5, 5.41) is 12.8. The second kappa shape index (κ2) is 10.2. The molecule has 4 nitrogen and oxygen atoms in total. The molecule has 5 aromatic carbocycles. The lowest BCUT2D eigenvalue weighted by Gasteiger charge is -2.15. The molecule has 5 rings (SSSR count). The second-order valence-corrected chi connectivity index (χ2v) is 8.26. The van der Waals surface area contributed by atoms with Crippen molar-refractivity contribution in [2.75, 3.05) is 7.11 Å². The van der Waals surface area contributed by atoms with Crippen LogP contribution in [0, 0.1) is 0 Å². The van der Waals surface area contributed by atoms with Gasteiger partial charge in [0.2, 0.25) is 0 Å². The van der Waals surface area contributed by atoms with Crippen LogP contribution in [0.25, 0.3) is 21.9 Å². The van der Waals surface area contributed by atoms with Gasteiger partial charge in [-0.25, -0.2) is 0 Å². The Kier molecular flexibility index (Phi) is 6.53. The van der Waals surface area contributed by atoms with Crippen LogP contribution in [0.2, 0.25) is 0 Å². The summed E-state index contributed by atoms with van der Waals surface area (Å²) in [6, 6.07) is 35.3. The van der Waals surface area contributed by atoms with Crippen LogP contribution in [-0.4, -0.2) is 12.2 Å². The molecular formula is C31H26O4. The van der Waals surface area contributed by atoms with E-state index in [1.165, 1.54) is 0 Å². The molecule has 0 heterocycles. The number of phenolic OH excluding ortho intramolecular Hbond substituents is 1. The van der Waals surface area contributed by atoms with Crippen LogP contribution in [0.4, 0.5) is 0 Å². The normalized spacial score (nSPS) is 10.8. The monoisotopic (exact) mass is 462 g/mol. The quantitative estimate of drug-likeness (QED) is 0.261. The van der Waals surface area contributed by atoms with Crippen molar-refractivity contribution < 1.29 is 19.3 Å². The van der Waals surface area contributed by atoms with Crippen molar-refractivity contribution in [2.24, 2.45) is 0 Å². The number of hydrogen-bond acceptors (Lipinski definition) is 4. The van der Waals surface area contributed by atoms with E-state index in [0.29, 0.717) is 24.5 Å². The fraction of sp³-hybridized carbons (Fsp3) is 0.0968. The van der Waals surface area contributed by atoms with Gasteiger partial charge in [0, 0.05) is 5.39 Å². The molecule has 0 spiro atoms. The van der Waals surface area contributed by atoms with Crippen molar-refractivity contribution in [1.29, 1.82) is 0 Å². The Labute approximate surface area is 205 Å². The lowest BCUT2D eigenvalue weighted by atomic mass is 9.98. The van der Waals surface area contributed by atoms with Crippen LogP contribution in [0.5, 0.6) is 23.0 Å². The zero-order valence-corrected chi connectivity index (χ0v) is 19.5. The molecular weight excluding hydrogens is 436 g/mol. The molecule has 0 unspecified atom stereocenters. The molecule has 5 aromatic rings. The van der Waals surface area contributed by atoms with Crippen LogP contribution in [-0.2, 0) is 13.2 Å². The molecule has 0 aromatic heterocycles. The number of ether oxygens (including phenoxy) is 3. The van der Waals surface area contributed by atoms with E-state index in [-0.39, 0.29) is 5.75 Å². The van der Waals surface area contributed by atoms with E-state index in [1.807, 2.05) is 109 Å². The molecule has 0 amide bonds. The summed E-state index contributed by atoms with van der Waals surface area (Å²) in [5.41, 5.74) is 3.70. The van der Waals surface area contributed by atoms with E-state index in [4.69, 9.17) is 14.2 Å².